The Morgan fingerprint density at radius 1 is 1.23 bits per heavy atom. The van der Waals surface area contributed by atoms with Gasteiger partial charge in [-0.2, -0.15) is 13.2 Å². The number of nitro benzene ring substituents is 1. The number of amides is 1. The molecule has 0 fully saturated rings. The summed E-state index contributed by atoms with van der Waals surface area (Å²) in [6, 6.07) is 8.27. The summed E-state index contributed by atoms with van der Waals surface area (Å²) in [7, 11) is 0. The van der Waals surface area contributed by atoms with Gasteiger partial charge in [0, 0.05) is 6.07 Å². The van der Waals surface area contributed by atoms with Gasteiger partial charge in [-0.25, -0.2) is 0 Å². The monoisotopic (exact) mass is 442 g/mol. The SMILES string of the molecule is CC(O)(COc1ccc(NC#[S+])cc1)C(=O)Nc1ccc([N+](=O)[O-])c(C(F)(F)F)c1. The van der Waals surface area contributed by atoms with Gasteiger partial charge in [0.2, 0.25) is 0 Å². The molecule has 0 heterocycles. The molecule has 158 valence electrons. The zero-order chi connectivity index (χ0) is 22.5. The molecule has 0 aromatic heterocycles. The summed E-state index contributed by atoms with van der Waals surface area (Å²) in [5.74, 6) is -0.745. The average Bonchev–Trinajstić information content (AvgIpc) is 2.67. The number of aliphatic hydroxyl groups is 1. The minimum atomic E-state index is -5.00. The molecule has 30 heavy (non-hydrogen) atoms. The van der Waals surface area contributed by atoms with Crippen LogP contribution in [0.1, 0.15) is 12.5 Å². The van der Waals surface area contributed by atoms with E-state index in [-0.39, 0.29) is 5.69 Å². The van der Waals surface area contributed by atoms with Gasteiger partial charge in [-0.1, -0.05) is 0 Å². The van der Waals surface area contributed by atoms with Gasteiger partial charge < -0.3 is 0 Å². The van der Waals surface area contributed by atoms with Crippen molar-refractivity contribution in [2.24, 2.45) is 0 Å². The van der Waals surface area contributed by atoms with Gasteiger partial charge in [-0.15, -0.1) is 0 Å². The molecular weight excluding hydrogens is 427 g/mol. The molecule has 8 nitrogen and oxygen atoms in total. The number of rotatable bonds is 7. The second-order valence-electron chi connectivity index (χ2n) is 6.25. The third-order valence-corrected chi connectivity index (χ3v) is 3.92. The second kappa shape index (κ2) is 9.08. The van der Waals surface area contributed by atoms with E-state index in [1.807, 2.05) is 0 Å². The Morgan fingerprint density at radius 3 is 2.37 bits per heavy atom. The first kappa shape index (κ1) is 23.1. The molecular formula is C18H15F3N3O5S+. The minimum Gasteiger partial charge on any atom is -0.258 e. The third-order valence-electron chi connectivity index (χ3n) is 3.82. The van der Waals surface area contributed by atoms with Crippen molar-refractivity contribution < 1.29 is 32.7 Å². The summed E-state index contributed by atoms with van der Waals surface area (Å²) < 4.78 is 44.5. The van der Waals surface area contributed by atoms with E-state index >= 15 is 0 Å². The molecule has 1 amide bonds. The van der Waals surface area contributed by atoms with Gasteiger partial charge in [0.15, 0.2) is 0 Å². The number of ether oxygens (including phenoxy) is 1. The molecule has 12 heteroatoms. The van der Waals surface area contributed by atoms with Crippen molar-refractivity contribution in [2.45, 2.75) is 18.7 Å². The van der Waals surface area contributed by atoms with E-state index in [4.69, 9.17) is 4.74 Å². The molecule has 1 atom stereocenters. The van der Waals surface area contributed by atoms with E-state index in [0.717, 1.165) is 13.0 Å². The third kappa shape index (κ3) is 5.89. The quantitative estimate of drug-likeness (QED) is 0.263. The molecule has 0 aliphatic rings. The van der Waals surface area contributed by atoms with Crippen LogP contribution in [0.5, 0.6) is 5.75 Å². The van der Waals surface area contributed by atoms with Crippen molar-refractivity contribution in [3.05, 3.63) is 58.1 Å². The number of benzene rings is 2. The van der Waals surface area contributed by atoms with Gasteiger partial charge in [-0.3, -0.25) is 10.1 Å². The van der Waals surface area contributed by atoms with E-state index < -0.39 is 40.5 Å². The summed E-state index contributed by atoms with van der Waals surface area (Å²) in [6.45, 7) is 0.597. The normalized spacial score (nSPS) is 12.9. The van der Waals surface area contributed by atoms with Crippen LogP contribution in [-0.4, -0.2) is 28.1 Å². The second-order valence-corrected chi connectivity index (χ2v) is 6.46. The number of alkyl halides is 3. The number of anilines is 2. The number of hydrogen-bond acceptors (Lipinski definition) is 6. The molecule has 0 bridgehead atoms. The predicted octanol–water partition coefficient (Wildman–Crippen LogP) is 3.26. The molecule has 0 aliphatic heterocycles. The molecule has 2 aromatic carbocycles. The average molecular weight is 442 g/mol. The van der Waals surface area contributed by atoms with Crippen LogP contribution in [0.2, 0.25) is 0 Å². The first-order valence-corrected chi connectivity index (χ1v) is 8.60. The van der Waals surface area contributed by atoms with Crippen LogP contribution in [-0.2, 0) is 23.0 Å². The number of nitrogens with one attached hydrogen (secondary N) is 2. The fraction of sp³-hybridized carbons (Fsp3) is 0.222. The Labute approximate surface area is 173 Å². The smallest absolute Gasteiger partial charge is 0.258 e. The molecule has 0 saturated heterocycles. The molecule has 1 unspecified atom stereocenters. The van der Waals surface area contributed by atoms with Crippen LogP contribution in [0.25, 0.3) is 0 Å². The van der Waals surface area contributed by atoms with Crippen molar-refractivity contribution in [1.29, 1.82) is 0 Å². The zero-order valence-electron chi connectivity index (χ0n) is 15.3. The number of nitro groups is 1. The Kier molecular flexibility index (Phi) is 6.98. The van der Waals surface area contributed by atoms with Gasteiger partial charge in [0.1, 0.15) is 5.56 Å². The first-order chi connectivity index (χ1) is 13.9. The van der Waals surface area contributed by atoms with Crippen LogP contribution in [0.3, 0.4) is 0 Å². The van der Waals surface area contributed by atoms with Crippen molar-refractivity contribution in [3.63, 3.8) is 0 Å². The van der Waals surface area contributed by atoms with Crippen LogP contribution >= 0.6 is 0 Å². The Bertz CT molecular complexity index is 988. The van der Waals surface area contributed by atoms with E-state index in [1.54, 1.807) is 12.1 Å². The number of hydrogen-bond donors (Lipinski definition) is 3. The molecule has 2 rings (SSSR count). The molecule has 0 spiro atoms. The fourth-order valence-corrected chi connectivity index (χ4v) is 2.37. The number of nitrogens with zero attached hydrogens (tertiary/aromatic N) is 1. The Morgan fingerprint density at radius 2 is 1.83 bits per heavy atom. The maximum atomic E-state index is 13.0. The fourth-order valence-electron chi connectivity index (χ4n) is 2.25. The van der Waals surface area contributed by atoms with Gasteiger partial charge in [-0.05, 0) is 12.1 Å². The van der Waals surface area contributed by atoms with Crippen molar-refractivity contribution in [2.75, 3.05) is 17.2 Å². The number of carbonyl (C=O) groups is 1. The van der Waals surface area contributed by atoms with Gasteiger partial charge >= 0.3 is 115 Å². The first-order valence-electron chi connectivity index (χ1n) is 8.19. The van der Waals surface area contributed by atoms with Crippen LogP contribution in [0.4, 0.5) is 30.2 Å². The summed E-state index contributed by atoms with van der Waals surface area (Å²) in [5.41, 5.74) is -4.52. The summed E-state index contributed by atoms with van der Waals surface area (Å²) in [4.78, 5) is 21.9. The summed E-state index contributed by atoms with van der Waals surface area (Å²) in [5, 5.41) is 28.2. The molecule has 0 radical (unpaired) electrons. The number of halogens is 3. The molecule has 3 N–H and O–H groups in total. The summed E-state index contributed by atoms with van der Waals surface area (Å²) >= 11 is 4.53. The Balaban J connectivity index is 2.10. The number of carbonyl (C=O) groups excluding carboxylic acids is 1. The van der Waals surface area contributed by atoms with Crippen LogP contribution in [0.15, 0.2) is 42.5 Å². The predicted molar refractivity (Wildman–Crippen MR) is 104 cm³/mol. The van der Waals surface area contributed by atoms with Crippen LogP contribution in [0, 0.1) is 15.4 Å². The van der Waals surface area contributed by atoms with E-state index in [2.05, 4.69) is 28.0 Å². The van der Waals surface area contributed by atoms with Crippen LogP contribution < -0.4 is 15.4 Å². The molecule has 0 saturated carbocycles. The summed E-state index contributed by atoms with van der Waals surface area (Å²) in [6.07, 6.45) is -5.00. The standard InChI is InChI=1S/C18H14F3N3O5S/c1-17(26,9-29-13-5-2-11(3-6-13)22-10-30)16(25)23-12-4-7-15(24(27)28)14(8-12)18(19,20)21/h2-8,22,26H,9H2,1H3/p+1. The maximum absolute atomic E-state index is 13.0. The van der Waals surface area contributed by atoms with E-state index in [9.17, 15) is 33.2 Å². The van der Waals surface area contributed by atoms with Crippen molar-refractivity contribution >= 4 is 35.0 Å². The van der Waals surface area contributed by atoms with E-state index in [1.165, 1.54) is 12.1 Å². The molecule has 2 aromatic rings. The molecule has 0 aliphatic carbocycles. The van der Waals surface area contributed by atoms with Crippen molar-refractivity contribution in [3.8, 4) is 11.1 Å². The zero-order valence-corrected chi connectivity index (χ0v) is 16.1. The van der Waals surface area contributed by atoms with Gasteiger partial charge in [0.25, 0.3) is 5.69 Å². The van der Waals surface area contributed by atoms with Gasteiger partial charge in [0.05, 0.1) is 4.92 Å². The topological polar surface area (TPSA) is 114 Å². The van der Waals surface area contributed by atoms with Crippen molar-refractivity contribution in [1.82, 2.24) is 0 Å². The Hall–Kier alpha value is -3.21. The minimum absolute atomic E-state index is 0.313. The van der Waals surface area contributed by atoms with E-state index in [0.29, 0.717) is 23.6 Å².